The third-order valence-corrected chi connectivity index (χ3v) is 5.39. The number of hydrogen-bond acceptors (Lipinski definition) is 5. The van der Waals surface area contributed by atoms with Crippen LogP contribution in [0.5, 0.6) is 0 Å². The first kappa shape index (κ1) is 26.4. The molecule has 0 atom stereocenters. The summed E-state index contributed by atoms with van der Waals surface area (Å²) >= 11 is 0. The summed E-state index contributed by atoms with van der Waals surface area (Å²) in [7, 11) is 3.37. The topological polar surface area (TPSA) is 99.8 Å². The zero-order valence-electron chi connectivity index (χ0n) is 20.6. The molecule has 0 bridgehead atoms. The van der Waals surface area contributed by atoms with E-state index in [0.29, 0.717) is 42.2 Å². The molecule has 0 aliphatic carbocycles. The molecule has 3 rings (SSSR count). The second-order valence-electron chi connectivity index (χ2n) is 8.31. The minimum Gasteiger partial charge on any atom is -0.385 e. The molecule has 0 saturated carbocycles. The number of carbonyl (C=O) groups excluding carboxylic acids is 3. The van der Waals surface area contributed by atoms with E-state index in [4.69, 9.17) is 4.74 Å². The standard InChI is InChI=1S/C28H32N4O4/c1-32(20-21-9-4-3-5-10-21)28(35)23-12-7-14-25(18-23)31-26(33)19-30-24-13-6-11-22(17-24)27(34)29-15-8-16-36-2/h3-7,9-14,17-18,30H,8,15-16,19-20H2,1-2H3,(H,29,34)(H,31,33). The first-order valence-corrected chi connectivity index (χ1v) is 11.8. The van der Waals surface area contributed by atoms with Gasteiger partial charge in [0.05, 0.1) is 6.54 Å². The van der Waals surface area contributed by atoms with Crippen LogP contribution in [-0.2, 0) is 16.1 Å². The maximum atomic E-state index is 12.8. The molecule has 0 aliphatic rings. The molecule has 8 heteroatoms. The van der Waals surface area contributed by atoms with Gasteiger partial charge in [-0.2, -0.15) is 0 Å². The van der Waals surface area contributed by atoms with Gasteiger partial charge >= 0.3 is 0 Å². The number of nitrogens with zero attached hydrogens (tertiary/aromatic N) is 1. The number of rotatable bonds is 12. The first-order valence-electron chi connectivity index (χ1n) is 11.8. The van der Waals surface area contributed by atoms with Gasteiger partial charge in [0.2, 0.25) is 5.91 Å². The average molecular weight is 489 g/mol. The zero-order valence-corrected chi connectivity index (χ0v) is 20.6. The quantitative estimate of drug-likeness (QED) is 0.337. The van der Waals surface area contributed by atoms with Crippen LogP contribution in [0.4, 0.5) is 11.4 Å². The van der Waals surface area contributed by atoms with Crippen molar-refractivity contribution in [3.63, 3.8) is 0 Å². The van der Waals surface area contributed by atoms with Gasteiger partial charge in [-0.15, -0.1) is 0 Å². The molecular formula is C28H32N4O4. The fraction of sp³-hybridized carbons (Fsp3) is 0.250. The highest BCUT2D eigenvalue weighted by Crippen LogP contribution is 2.15. The third-order valence-electron chi connectivity index (χ3n) is 5.39. The number of benzene rings is 3. The van der Waals surface area contributed by atoms with Crippen molar-refractivity contribution < 1.29 is 19.1 Å². The molecule has 0 aromatic heterocycles. The molecule has 0 aliphatic heterocycles. The van der Waals surface area contributed by atoms with Gasteiger partial charge in [-0.1, -0.05) is 42.5 Å². The number of nitrogens with one attached hydrogen (secondary N) is 3. The molecule has 36 heavy (non-hydrogen) atoms. The summed E-state index contributed by atoms with van der Waals surface area (Å²) in [4.78, 5) is 39.3. The maximum absolute atomic E-state index is 12.8. The molecule has 0 unspecified atom stereocenters. The highest BCUT2D eigenvalue weighted by atomic mass is 16.5. The van der Waals surface area contributed by atoms with Crippen LogP contribution in [0.15, 0.2) is 78.9 Å². The Balaban J connectivity index is 1.51. The second-order valence-corrected chi connectivity index (χ2v) is 8.31. The van der Waals surface area contributed by atoms with Crippen molar-refractivity contribution in [3.8, 4) is 0 Å². The molecule has 0 saturated heterocycles. The van der Waals surface area contributed by atoms with Crippen molar-refractivity contribution >= 4 is 29.1 Å². The van der Waals surface area contributed by atoms with Crippen LogP contribution in [0.1, 0.15) is 32.7 Å². The van der Waals surface area contributed by atoms with E-state index in [0.717, 1.165) is 12.0 Å². The molecule has 3 N–H and O–H groups in total. The van der Waals surface area contributed by atoms with Gasteiger partial charge < -0.3 is 25.6 Å². The molecule has 188 valence electrons. The van der Waals surface area contributed by atoms with Crippen LogP contribution < -0.4 is 16.0 Å². The van der Waals surface area contributed by atoms with Gasteiger partial charge in [0.25, 0.3) is 11.8 Å². The van der Waals surface area contributed by atoms with Gasteiger partial charge in [-0.05, 0) is 48.4 Å². The number of amides is 3. The van der Waals surface area contributed by atoms with Crippen molar-refractivity contribution in [2.24, 2.45) is 0 Å². The van der Waals surface area contributed by atoms with E-state index in [1.54, 1.807) is 67.6 Å². The molecule has 8 nitrogen and oxygen atoms in total. The fourth-order valence-electron chi connectivity index (χ4n) is 3.56. The Morgan fingerprint density at radius 3 is 2.31 bits per heavy atom. The van der Waals surface area contributed by atoms with Crippen LogP contribution in [-0.4, -0.2) is 56.5 Å². The number of carbonyl (C=O) groups is 3. The molecular weight excluding hydrogens is 456 g/mol. The predicted molar refractivity (Wildman–Crippen MR) is 141 cm³/mol. The molecule has 0 radical (unpaired) electrons. The van der Waals surface area contributed by atoms with Gasteiger partial charge in [-0.25, -0.2) is 0 Å². The van der Waals surface area contributed by atoms with Crippen LogP contribution in [0.25, 0.3) is 0 Å². The van der Waals surface area contributed by atoms with Gasteiger partial charge in [0.15, 0.2) is 0 Å². The predicted octanol–water partition coefficient (Wildman–Crippen LogP) is 3.78. The lowest BCUT2D eigenvalue weighted by molar-refractivity contribution is -0.114. The Labute approximate surface area is 211 Å². The Morgan fingerprint density at radius 2 is 1.56 bits per heavy atom. The number of hydrogen-bond donors (Lipinski definition) is 3. The molecule has 3 aromatic carbocycles. The summed E-state index contributed by atoms with van der Waals surface area (Å²) in [5.41, 5.74) is 3.22. The van der Waals surface area contributed by atoms with Gasteiger partial charge in [0, 0.05) is 56.4 Å². The molecule has 0 heterocycles. The monoisotopic (exact) mass is 488 g/mol. The summed E-state index contributed by atoms with van der Waals surface area (Å²) < 4.78 is 4.98. The Hall–Kier alpha value is -4.17. The van der Waals surface area contributed by atoms with E-state index < -0.39 is 0 Å². The lowest BCUT2D eigenvalue weighted by Crippen LogP contribution is -2.26. The Morgan fingerprint density at radius 1 is 0.861 bits per heavy atom. The Kier molecular flexibility index (Phi) is 10.0. The van der Waals surface area contributed by atoms with E-state index in [9.17, 15) is 14.4 Å². The Bertz CT molecular complexity index is 1170. The van der Waals surface area contributed by atoms with Crippen molar-refractivity contribution in [1.82, 2.24) is 10.2 Å². The summed E-state index contributed by atoms with van der Waals surface area (Å²) in [6.45, 7) is 1.60. The van der Waals surface area contributed by atoms with E-state index in [2.05, 4.69) is 16.0 Å². The van der Waals surface area contributed by atoms with Gasteiger partial charge in [-0.3, -0.25) is 14.4 Å². The highest BCUT2D eigenvalue weighted by molar-refractivity contribution is 5.98. The second kappa shape index (κ2) is 13.7. The summed E-state index contributed by atoms with van der Waals surface area (Å²) in [6, 6.07) is 23.6. The van der Waals surface area contributed by atoms with Crippen LogP contribution in [0, 0.1) is 0 Å². The molecule has 0 spiro atoms. The summed E-state index contributed by atoms with van der Waals surface area (Å²) in [5.74, 6) is -0.588. The third kappa shape index (κ3) is 8.25. The van der Waals surface area contributed by atoms with E-state index >= 15 is 0 Å². The number of ether oxygens (including phenoxy) is 1. The van der Waals surface area contributed by atoms with Crippen molar-refractivity contribution in [3.05, 3.63) is 95.6 Å². The lowest BCUT2D eigenvalue weighted by atomic mass is 10.1. The van der Waals surface area contributed by atoms with Gasteiger partial charge in [0.1, 0.15) is 0 Å². The first-order chi connectivity index (χ1) is 17.5. The van der Waals surface area contributed by atoms with E-state index in [-0.39, 0.29) is 24.3 Å². The highest BCUT2D eigenvalue weighted by Gasteiger charge is 2.13. The van der Waals surface area contributed by atoms with E-state index in [1.165, 1.54) is 0 Å². The van der Waals surface area contributed by atoms with Crippen LogP contribution in [0.3, 0.4) is 0 Å². The largest absolute Gasteiger partial charge is 0.385 e. The SMILES string of the molecule is COCCCNC(=O)c1cccc(NCC(=O)Nc2cccc(C(=O)N(C)Cc3ccccc3)c2)c1. The number of anilines is 2. The maximum Gasteiger partial charge on any atom is 0.253 e. The van der Waals surface area contributed by atoms with E-state index in [1.807, 2.05) is 30.3 Å². The molecule has 3 aromatic rings. The van der Waals surface area contributed by atoms with Crippen molar-refractivity contribution in [2.75, 3.05) is 44.5 Å². The molecule has 3 amide bonds. The van der Waals surface area contributed by atoms with Crippen LogP contribution >= 0.6 is 0 Å². The zero-order chi connectivity index (χ0) is 25.8. The minimum absolute atomic E-state index is 0.00496. The summed E-state index contributed by atoms with van der Waals surface area (Å²) in [5, 5.41) is 8.68. The summed E-state index contributed by atoms with van der Waals surface area (Å²) in [6.07, 6.45) is 0.733. The smallest absolute Gasteiger partial charge is 0.253 e. The van der Waals surface area contributed by atoms with Crippen LogP contribution in [0.2, 0.25) is 0 Å². The average Bonchev–Trinajstić information content (AvgIpc) is 2.90. The van der Waals surface area contributed by atoms with Crippen molar-refractivity contribution in [1.29, 1.82) is 0 Å². The molecule has 0 fully saturated rings. The fourth-order valence-corrected chi connectivity index (χ4v) is 3.56. The number of methoxy groups -OCH3 is 1. The lowest BCUT2D eigenvalue weighted by Gasteiger charge is -2.18. The normalized spacial score (nSPS) is 10.4. The van der Waals surface area contributed by atoms with Crippen molar-refractivity contribution in [2.45, 2.75) is 13.0 Å². The minimum atomic E-state index is -0.272.